The van der Waals surface area contributed by atoms with Crippen LogP contribution in [-0.2, 0) is 19.0 Å². The lowest BCUT2D eigenvalue weighted by atomic mass is 9.92. The summed E-state index contributed by atoms with van der Waals surface area (Å²) >= 11 is 1.03. The van der Waals surface area contributed by atoms with Gasteiger partial charge in [0, 0.05) is 20.2 Å². The van der Waals surface area contributed by atoms with E-state index in [2.05, 4.69) is 24.1 Å². The number of amides is 1. The first kappa shape index (κ1) is 24.3. The van der Waals surface area contributed by atoms with Gasteiger partial charge in [0.2, 0.25) is 5.91 Å². The first-order valence-corrected chi connectivity index (χ1v) is 11.1. The Hall–Kier alpha value is -1.97. The molecule has 0 aromatic carbocycles. The molecule has 8 nitrogen and oxygen atoms in total. The van der Waals surface area contributed by atoms with E-state index in [4.69, 9.17) is 14.2 Å². The van der Waals surface area contributed by atoms with Gasteiger partial charge in [0.1, 0.15) is 16.5 Å². The molecule has 0 aliphatic carbocycles. The van der Waals surface area contributed by atoms with Gasteiger partial charge in [-0.15, -0.1) is 11.3 Å². The van der Waals surface area contributed by atoms with Gasteiger partial charge in [-0.05, 0) is 37.7 Å². The lowest BCUT2D eigenvalue weighted by molar-refractivity contribution is -0.117. The molecule has 1 amide bonds. The highest BCUT2D eigenvalue weighted by atomic mass is 32.1. The van der Waals surface area contributed by atoms with Crippen LogP contribution in [0.25, 0.3) is 0 Å². The minimum Gasteiger partial charge on any atom is -0.462 e. The normalized spacial score (nSPS) is 19.4. The van der Waals surface area contributed by atoms with Crippen LogP contribution >= 0.6 is 11.3 Å². The van der Waals surface area contributed by atoms with Gasteiger partial charge in [0.25, 0.3) is 0 Å². The molecule has 1 saturated heterocycles. The largest absolute Gasteiger partial charge is 0.462 e. The molecule has 1 fully saturated rings. The van der Waals surface area contributed by atoms with E-state index in [9.17, 15) is 14.4 Å². The predicted octanol–water partition coefficient (Wildman–Crippen LogP) is 2.95. The maximum Gasteiger partial charge on any atom is 0.348 e. The topological polar surface area (TPSA) is 94.2 Å². The Bertz CT molecular complexity index is 753. The van der Waals surface area contributed by atoms with Crippen LogP contribution in [0.4, 0.5) is 5.00 Å². The molecule has 2 unspecified atom stereocenters. The van der Waals surface area contributed by atoms with Crippen molar-refractivity contribution in [2.24, 2.45) is 11.8 Å². The third kappa shape index (κ3) is 6.52. The Labute approximate surface area is 181 Å². The molecular formula is C21H32N2O6S. The minimum absolute atomic E-state index is 0.106. The van der Waals surface area contributed by atoms with Crippen LogP contribution in [0.1, 0.15) is 52.8 Å². The predicted molar refractivity (Wildman–Crippen MR) is 115 cm³/mol. The molecule has 0 spiro atoms. The van der Waals surface area contributed by atoms with Crippen molar-refractivity contribution in [1.82, 2.24) is 4.90 Å². The second-order valence-corrected chi connectivity index (χ2v) is 8.82. The smallest absolute Gasteiger partial charge is 0.348 e. The molecule has 1 aliphatic heterocycles. The zero-order chi connectivity index (χ0) is 22.3. The standard InChI is InChI=1S/C21H32N2O6S/c1-6-28-20(25)17-15(4)18(21(26)29-8-7-27-5)30-19(17)22-16(24)12-23-10-13(2)9-14(3)11-23/h13-14H,6-12H2,1-5H3,(H,22,24). The van der Waals surface area contributed by atoms with Crippen molar-refractivity contribution in [3.05, 3.63) is 16.0 Å². The van der Waals surface area contributed by atoms with Crippen LogP contribution in [0.15, 0.2) is 0 Å². The van der Waals surface area contributed by atoms with Crippen LogP contribution in [0, 0.1) is 18.8 Å². The van der Waals surface area contributed by atoms with Gasteiger partial charge in [0.15, 0.2) is 0 Å². The maximum atomic E-state index is 12.7. The summed E-state index contributed by atoms with van der Waals surface area (Å²) in [6.45, 7) is 10.3. The summed E-state index contributed by atoms with van der Waals surface area (Å²) in [5.74, 6) is -0.275. The Kier molecular flexibility index (Phi) is 9.26. The van der Waals surface area contributed by atoms with Crippen molar-refractivity contribution < 1.29 is 28.6 Å². The first-order chi connectivity index (χ1) is 14.3. The number of anilines is 1. The van der Waals surface area contributed by atoms with Gasteiger partial charge in [-0.3, -0.25) is 9.69 Å². The minimum atomic E-state index is -0.572. The van der Waals surface area contributed by atoms with Crippen molar-refractivity contribution in [2.75, 3.05) is 51.9 Å². The number of carbonyl (C=O) groups is 3. The molecule has 1 aromatic rings. The summed E-state index contributed by atoms with van der Waals surface area (Å²) in [4.78, 5) is 40.0. The third-order valence-corrected chi connectivity index (χ3v) is 6.08. The second-order valence-electron chi connectivity index (χ2n) is 7.80. The van der Waals surface area contributed by atoms with E-state index in [-0.39, 0.29) is 42.7 Å². The zero-order valence-electron chi connectivity index (χ0n) is 18.4. The van der Waals surface area contributed by atoms with Crippen molar-refractivity contribution in [3.63, 3.8) is 0 Å². The van der Waals surface area contributed by atoms with Gasteiger partial charge in [-0.1, -0.05) is 13.8 Å². The molecule has 168 valence electrons. The number of methoxy groups -OCH3 is 1. The molecule has 2 atom stereocenters. The molecule has 1 aromatic heterocycles. The second kappa shape index (κ2) is 11.4. The van der Waals surface area contributed by atoms with Crippen molar-refractivity contribution in [2.45, 2.75) is 34.1 Å². The highest BCUT2D eigenvalue weighted by Gasteiger charge is 2.28. The molecule has 0 bridgehead atoms. The number of likely N-dealkylation sites (tertiary alicyclic amines) is 1. The van der Waals surface area contributed by atoms with Gasteiger partial charge in [-0.2, -0.15) is 0 Å². The average Bonchev–Trinajstić information content (AvgIpc) is 2.97. The quantitative estimate of drug-likeness (QED) is 0.466. The van der Waals surface area contributed by atoms with Crippen LogP contribution in [0.2, 0.25) is 0 Å². The first-order valence-electron chi connectivity index (χ1n) is 10.3. The molecule has 1 aliphatic rings. The summed E-state index contributed by atoms with van der Waals surface area (Å²) in [5.41, 5.74) is 0.644. The van der Waals surface area contributed by atoms with Crippen molar-refractivity contribution >= 4 is 34.2 Å². The highest BCUT2D eigenvalue weighted by molar-refractivity contribution is 7.18. The summed E-state index contributed by atoms with van der Waals surface area (Å²) in [7, 11) is 1.51. The molecule has 30 heavy (non-hydrogen) atoms. The number of ether oxygens (including phenoxy) is 3. The van der Waals surface area contributed by atoms with E-state index in [0.717, 1.165) is 30.8 Å². The van der Waals surface area contributed by atoms with Gasteiger partial charge in [0.05, 0.1) is 25.3 Å². The number of carbonyl (C=O) groups excluding carboxylic acids is 3. The maximum absolute atomic E-state index is 12.7. The van der Waals surface area contributed by atoms with Crippen molar-refractivity contribution in [3.8, 4) is 0 Å². The van der Waals surface area contributed by atoms with E-state index in [1.807, 2.05) is 0 Å². The van der Waals surface area contributed by atoms with Crippen LogP contribution in [0.5, 0.6) is 0 Å². The number of hydrogen-bond donors (Lipinski definition) is 1. The molecule has 2 rings (SSSR count). The summed E-state index contributed by atoms with van der Waals surface area (Å²) < 4.78 is 15.2. The number of nitrogens with one attached hydrogen (secondary N) is 1. The molecule has 0 saturated carbocycles. The van der Waals surface area contributed by atoms with Crippen LogP contribution in [0.3, 0.4) is 0 Å². The summed E-state index contributed by atoms with van der Waals surface area (Å²) in [6, 6.07) is 0. The fourth-order valence-corrected chi connectivity index (χ4v) is 4.92. The van der Waals surface area contributed by atoms with Gasteiger partial charge >= 0.3 is 11.9 Å². The lowest BCUT2D eigenvalue weighted by Crippen LogP contribution is -2.42. The van der Waals surface area contributed by atoms with E-state index in [1.54, 1.807) is 13.8 Å². The van der Waals surface area contributed by atoms with Crippen LogP contribution in [-0.4, -0.2) is 69.3 Å². The summed E-state index contributed by atoms with van der Waals surface area (Å²) in [6.07, 6.45) is 1.16. The highest BCUT2D eigenvalue weighted by Crippen LogP contribution is 2.34. The number of thiophene rings is 1. The van der Waals surface area contributed by atoms with E-state index >= 15 is 0 Å². The molecule has 1 N–H and O–H groups in total. The molecule has 0 radical (unpaired) electrons. The third-order valence-electron chi connectivity index (χ3n) is 4.90. The Balaban J connectivity index is 2.17. The molecular weight excluding hydrogens is 408 g/mol. The number of rotatable bonds is 9. The fraction of sp³-hybridized carbons (Fsp3) is 0.667. The number of piperidine rings is 1. The van der Waals surface area contributed by atoms with Crippen molar-refractivity contribution in [1.29, 1.82) is 0 Å². The van der Waals surface area contributed by atoms with E-state index in [0.29, 0.717) is 22.4 Å². The zero-order valence-corrected chi connectivity index (χ0v) is 19.2. The summed E-state index contributed by atoms with van der Waals surface area (Å²) in [5, 5.41) is 3.13. The number of esters is 2. The Morgan fingerprint density at radius 3 is 2.37 bits per heavy atom. The fourth-order valence-electron chi connectivity index (χ4n) is 3.82. The Morgan fingerprint density at radius 1 is 1.10 bits per heavy atom. The van der Waals surface area contributed by atoms with E-state index < -0.39 is 11.9 Å². The van der Waals surface area contributed by atoms with Crippen LogP contribution < -0.4 is 5.32 Å². The number of nitrogens with zero attached hydrogens (tertiary/aromatic N) is 1. The van der Waals surface area contributed by atoms with E-state index in [1.165, 1.54) is 7.11 Å². The van der Waals surface area contributed by atoms with Gasteiger partial charge in [-0.25, -0.2) is 9.59 Å². The lowest BCUT2D eigenvalue weighted by Gasteiger charge is -2.34. The monoisotopic (exact) mass is 440 g/mol. The number of hydrogen-bond acceptors (Lipinski definition) is 8. The average molecular weight is 441 g/mol. The molecule has 9 heteroatoms. The Morgan fingerprint density at radius 2 is 1.77 bits per heavy atom. The van der Waals surface area contributed by atoms with Gasteiger partial charge < -0.3 is 19.5 Å². The SMILES string of the molecule is CCOC(=O)c1c(NC(=O)CN2CC(C)CC(C)C2)sc(C(=O)OCCOC)c1C. The molecule has 2 heterocycles.